The second-order valence-electron chi connectivity index (χ2n) is 5.66. The third-order valence-corrected chi connectivity index (χ3v) is 4.19. The zero-order chi connectivity index (χ0) is 18.0. The van der Waals surface area contributed by atoms with E-state index in [-0.39, 0.29) is 11.6 Å². The number of hydrogen-bond acceptors (Lipinski definition) is 5. The Morgan fingerprint density at radius 1 is 1.12 bits per heavy atom. The number of ether oxygens (including phenoxy) is 1. The molecule has 0 spiro atoms. The van der Waals surface area contributed by atoms with Crippen LogP contribution in [0.4, 0.5) is 0 Å². The number of hydrogen-bond donors (Lipinski definition) is 1. The number of H-pyrrole nitrogens is 1. The molecular formula is C16H19N4O5+. The summed E-state index contributed by atoms with van der Waals surface area (Å²) in [4.78, 5) is 39.4. The van der Waals surface area contributed by atoms with E-state index in [1.165, 1.54) is 11.6 Å². The average molecular weight is 347 g/mol. The molecule has 1 saturated heterocycles. The Morgan fingerprint density at radius 2 is 1.72 bits per heavy atom. The van der Waals surface area contributed by atoms with Crippen LogP contribution in [0.2, 0.25) is 0 Å². The van der Waals surface area contributed by atoms with Gasteiger partial charge in [-0.3, -0.25) is 14.1 Å². The van der Waals surface area contributed by atoms with E-state index >= 15 is 0 Å². The SMILES string of the molecule is COc1ccc(-[n+]2[nH]oc(=O)c2C(=O)N2CCN(C(C)=O)CC2)cc1. The number of nitrogens with zero attached hydrogens (tertiary/aromatic N) is 3. The van der Waals surface area contributed by atoms with E-state index in [9.17, 15) is 14.4 Å². The molecule has 2 aromatic rings. The van der Waals surface area contributed by atoms with Gasteiger partial charge in [0.2, 0.25) is 11.6 Å². The molecule has 0 atom stereocenters. The average Bonchev–Trinajstić information content (AvgIpc) is 3.02. The second kappa shape index (κ2) is 6.80. The van der Waals surface area contributed by atoms with Gasteiger partial charge in [0.1, 0.15) is 5.75 Å². The van der Waals surface area contributed by atoms with Crippen LogP contribution in [-0.4, -0.2) is 60.2 Å². The highest BCUT2D eigenvalue weighted by molar-refractivity contribution is 5.90. The molecule has 1 aliphatic heterocycles. The number of carbonyl (C=O) groups excluding carboxylic acids is 2. The fourth-order valence-electron chi connectivity index (χ4n) is 2.74. The van der Waals surface area contributed by atoms with E-state index in [2.05, 4.69) is 5.27 Å². The van der Waals surface area contributed by atoms with Crippen molar-refractivity contribution in [2.24, 2.45) is 0 Å². The predicted molar refractivity (Wildman–Crippen MR) is 85.6 cm³/mol. The number of aromatic nitrogens is 2. The van der Waals surface area contributed by atoms with Crippen molar-refractivity contribution in [3.8, 4) is 11.4 Å². The van der Waals surface area contributed by atoms with Crippen LogP contribution >= 0.6 is 0 Å². The van der Waals surface area contributed by atoms with Gasteiger partial charge in [0.15, 0.2) is 0 Å². The first kappa shape index (κ1) is 16.7. The summed E-state index contributed by atoms with van der Waals surface area (Å²) in [6, 6.07) is 6.84. The number of aromatic amines is 1. The van der Waals surface area contributed by atoms with Crippen molar-refractivity contribution < 1.29 is 23.5 Å². The van der Waals surface area contributed by atoms with Gasteiger partial charge < -0.3 is 14.5 Å². The van der Waals surface area contributed by atoms with Crippen LogP contribution in [-0.2, 0) is 4.79 Å². The van der Waals surface area contributed by atoms with E-state index in [4.69, 9.17) is 9.26 Å². The van der Waals surface area contributed by atoms with Crippen molar-refractivity contribution in [3.63, 3.8) is 0 Å². The minimum atomic E-state index is -0.741. The maximum absolute atomic E-state index is 12.8. The summed E-state index contributed by atoms with van der Waals surface area (Å²) in [5.41, 5.74) is -0.284. The van der Waals surface area contributed by atoms with Crippen LogP contribution in [0.1, 0.15) is 17.4 Å². The third-order valence-electron chi connectivity index (χ3n) is 4.19. The van der Waals surface area contributed by atoms with Crippen molar-refractivity contribution in [1.29, 1.82) is 0 Å². The lowest BCUT2D eigenvalue weighted by Gasteiger charge is -2.33. The van der Waals surface area contributed by atoms with Gasteiger partial charge in [-0.15, -0.1) is 0 Å². The standard InChI is InChI=1S/C16H18N4O5/c1-11(21)18-7-9-19(10-8-18)15(22)14-16(23)25-17-20(14)12-3-5-13(24-2)6-4-12/h3-6H,7-10H2,1-2H3/p+1. The Labute approximate surface area is 143 Å². The highest BCUT2D eigenvalue weighted by Gasteiger charge is 2.36. The summed E-state index contributed by atoms with van der Waals surface area (Å²) in [5, 5.41) is 2.45. The molecule has 1 fully saturated rings. The molecule has 1 aromatic heterocycles. The highest BCUT2D eigenvalue weighted by atomic mass is 16.5. The van der Waals surface area contributed by atoms with E-state index in [0.29, 0.717) is 37.6 Å². The summed E-state index contributed by atoms with van der Waals surface area (Å²) < 4.78 is 11.2. The van der Waals surface area contributed by atoms with Gasteiger partial charge in [0, 0.05) is 45.2 Å². The molecule has 132 valence electrons. The zero-order valence-electron chi connectivity index (χ0n) is 14.0. The normalized spacial score (nSPS) is 14.5. The number of methoxy groups -OCH3 is 1. The lowest BCUT2D eigenvalue weighted by Crippen LogP contribution is -2.53. The molecule has 25 heavy (non-hydrogen) atoms. The molecule has 0 aliphatic carbocycles. The van der Waals surface area contributed by atoms with Gasteiger partial charge in [-0.05, 0) is 22.1 Å². The number of carbonyl (C=O) groups is 2. The largest absolute Gasteiger partial charge is 0.497 e. The molecule has 3 rings (SSSR count). The molecule has 0 radical (unpaired) electrons. The number of amides is 2. The van der Waals surface area contributed by atoms with Gasteiger partial charge in [0.05, 0.1) is 7.11 Å². The van der Waals surface area contributed by atoms with Crippen molar-refractivity contribution in [1.82, 2.24) is 15.1 Å². The highest BCUT2D eigenvalue weighted by Crippen LogP contribution is 2.12. The molecule has 9 heteroatoms. The summed E-state index contributed by atoms with van der Waals surface area (Å²) in [5.74, 6) is 0.194. The smallest absolute Gasteiger partial charge is 0.441 e. The second-order valence-corrected chi connectivity index (χ2v) is 5.66. The fraction of sp³-hybridized carbons (Fsp3) is 0.375. The van der Waals surface area contributed by atoms with Gasteiger partial charge in [-0.2, -0.15) is 0 Å². The minimum absolute atomic E-state index is 0.0263. The lowest BCUT2D eigenvalue weighted by molar-refractivity contribution is -0.672. The monoisotopic (exact) mass is 347 g/mol. The first-order chi connectivity index (χ1) is 12.0. The third kappa shape index (κ3) is 3.25. The maximum atomic E-state index is 12.8. The molecule has 0 unspecified atom stereocenters. The van der Waals surface area contributed by atoms with E-state index in [0.717, 1.165) is 0 Å². The molecule has 9 nitrogen and oxygen atoms in total. The van der Waals surface area contributed by atoms with E-state index < -0.39 is 11.5 Å². The zero-order valence-corrected chi connectivity index (χ0v) is 14.0. The van der Waals surface area contributed by atoms with Crippen molar-refractivity contribution >= 4 is 11.8 Å². The van der Waals surface area contributed by atoms with E-state index in [1.54, 1.807) is 41.2 Å². The summed E-state index contributed by atoms with van der Waals surface area (Å²) in [7, 11) is 1.55. The molecule has 0 bridgehead atoms. The molecule has 1 N–H and O–H groups in total. The number of benzene rings is 1. The van der Waals surface area contributed by atoms with Crippen molar-refractivity contribution in [3.05, 3.63) is 40.4 Å². The molecule has 0 saturated carbocycles. The van der Waals surface area contributed by atoms with Gasteiger partial charge >= 0.3 is 17.2 Å². The topological polar surface area (TPSA) is 99.7 Å². The first-order valence-corrected chi connectivity index (χ1v) is 7.84. The predicted octanol–water partition coefficient (Wildman–Crippen LogP) is -0.442. The quantitative estimate of drug-likeness (QED) is 0.759. The molecule has 2 amide bonds. The lowest BCUT2D eigenvalue weighted by atomic mass is 10.2. The first-order valence-electron chi connectivity index (χ1n) is 7.84. The Morgan fingerprint density at radius 3 is 2.28 bits per heavy atom. The van der Waals surface area contributed by atoms with Gasteiger partial charge in [-0.1, -0.05) is 0 Å². The van der Waals surface area contributed by atoms with Crippen LogP contribution in [0.3, 0.4) is 0 Å². The summed E-state index contributed by atoms with van der Waals surface area (Å²) >= 11 is 0. The summed E-state index contributed by atoms with van der Waals surface area (Å²) in [6.45, 7) is 3.12. The Hall–Kier alpha value is -3.10. The van der Waals surface area contributed by atoms with Crippen molar-refractivity contribution in [2.45, 2.75) is 6.92 Å². The van der Waals surface area contributed by atoms with Crippen LogP contribution in [0, 0.1) is 0 Å². The van der Waals surface area contributed by atoms with E-state index in [1.807, 2.05) is 0 Å². The fourth-order valence-corrected chi connectivity index (χ4v) is 2.74. The molecule has 1 aliphatic rings. The van der Waals surface area contributed by atoms with Crippen LogP contribution < -0.4 is 15.0 Å². The van der Waals surface area contributed by atoms with Gasteiger partial charge in [-0.25, -0.2) is 4.79 Å². The van der Waals surface area contributed by atoms with Crippen LogP contribution in [0.5, 0.6) is 5.75 Å². The molecular weight excluding hydrogens is 328 g/mol. The number of rotatable bonds is 3. The van der Waals surface area contributed by atoms with Crippen LogP contribution in [0.25, 0.3) is 5.69 Å². The summed E-state index contributed by atoms with van der Waals surface area (Å²) in [6.07, 6.45) is 0. The number of piperazine rings is 1. The Balaban J connectivity index is 1.85. The van der Waals surface area contributed by atoms with Crippen molar-refractivity contribution in [2.75, 3.05) is 33.3 Å². The Bertz CT molecular complexity index is 831. The van der Waals surface area contributed by atoms with Crippen LogP contribution in [0.15, 0.2) is 33.6 Å². The van der Waals surface area contributed by atoms with Gasteiger partial charge in [0.25, 0.3) is 0 Å². The minimum Gasteiger partial charge on any atom is -0.497 e. The number of nitrogens with one attached hydrogen (secondary N) is 1. The molecule has 2 heterocycles. The maximum Gasteiger partial charge on any atom is 0.441 e. The molecule has 1 aromatic carbocycles. The Kier molecular flexibility index (Phi) is 4.55.